The van der Waals surface area contributed by atoms with Crippen LogP contribution in [0.2, 0.25) is 0 Å². The fourth-order valence-corrected chi connectivity index (χ4v) is 2.04. The van der Waals surface area contributed by atoms with Crippen molar-refractivity contribution in [2.24, 2.45) is 0 Å². The third kappa shape index (κ3) is 2.58. The summed E-state index contributed by atoms with van der Waals surface area (Å²) in [6.07, 6.45) is 0. The van der Waals surface area contributed by atoms with Crippen LogP contribution in [-0.2, 0) is 11.3 Å². The topological polar surface area (TPSA) is 49.6 Å². The average molecular weight is 233 g/mol. The number of nitrogens with zero attached hydrogens (tertiary/aromatic N) is 2. The molecule has 1 fully saturated rings. The van der Waals surface area contributed by atoms with Crippen molar-refractivity contribution in [1.82, 2.24) is 9.80 Å². The lowest BCUT2D eigenvalue weighted by Gasteiger charge is -2.37. The van der Waals surface area contributed by atoms with E-state index in [1.54, 1.807) is 0 Å². The molecule has 1 aliphatic rings. The van der Waals surface area contributed by atoms with Crippen LogP contribution < -0.4 is 5.73 Å². The Labute approximate surface area is 102 Å². The molecule has 0 aromatic heterocycles. The maximum Gasteiger partial charge on any atom is 0.239 e. The second-order valence-electron chi connectivity index (χ2n) is 4.66. The maximum absolute atomic E-state index is 12.1. The number of rotatable bonds is 2. The maximum atomic E-state index is 12.1. The number of anilines is 1. The van der Waals surface area contributed by atoms with Crippen molar-refractivity contribution in [1.29, 1.82) is 0 Å². The van der Waals surface area contributed by atoms with Gasteiger partial charge in [0.1, 0.15) is 0 Å². The van der Waals surface area contributed by atoms with Crippen LogP contribution in [0.4, 0.5) is 5.69 Å². The van der Waals surface area contributed by atoms with Gasteiger partial charge in [-0.05, 0) is 31.7 Å². The molecule has 4 heteroatoms. The zero-order chi connectivity index (χ0) is 12.4. The monoisotopic (exact) mass is 233 g/mol. The van der Waals surface area contributed by atoms with Crippen molar-refractivity contribution < 1.29 is 4.79 Å². The molecule has 92 valence electrons. The van der Waals surface area contributed by atoms with Gasteiger partial charge in [0.25, 0.3) is 0 Å². The zero-order valence-electron chi connectivity index (χ0n) is 10.4. The summed E-state index contributed by atoms with van der Waals surface area (Å²) >= 11 is 0. The van der Waals surface area contributed by atoms with E-state index in [0.29, 0.717) is 6.54 Å². The molecule has 2 N–H and O–H groups in total. The Morgan fingerprint density at radius 1 is 1.29 bits per heavy atom. The molecule has 2 rings (SSSR count). The zero-order valence-corrected chi connectivity index (χ0v) is 10.4. The summed E-state index contributed by atoms with van der Waals surface area (Å²) in [6.45, 7) is 4.36. The van der Waals surface area contributed by atoms with Gasteiger partial charge in [-0.3, -0.25) is 9.69 Å². The Morgan fingerprint density at radius 3 is 2.59 bits per heavy atom. The van der Waals surface area contributed by atoms with Crippen LogP contribution in [0.3, 0.4) is 0 Å². The number of carbonyl (C=O) groups excluding carboxylic acids is 1. The molecule has 1 unspecified atom stereocenters. The van der Waals surface area contributed by atoms with Crippen molar-refractivity contribution in [3.63, 3.8) is 0 Å². The predicted octanol–water partition coefficient (Wildman–Crippen LogP) is 0.931. The Bertz CT molecular complexity index is 402. The van der Waals surface area contributed by atoms with E-state index in [9.17, 15) is 4.79 Å². The Kier molecular flexibility index (Phi) is 3.33. The summed E-state index contributed by atoms with van der Waals surface area (Å²) in [5.41, 5.74) is 7.53. The fourth-order valence-electron chi connectivity index (χ4n) is 2.04. The van der Waals surface area contributed by atoms with Gasteiger partial charge < -0.3 is 10.6 Å². The van der Waals surface area contributed by atoms with Crippen LogP contribution >= 0.6 is 0 Å². The lowest BCUT2D eigenvalue weighted by molar-refractivity contribution is -0.140. The SMILES string of the molecule is CC1C(=O)N(Cc2ccc(N)cc2)CCN1C. The second kappa shape index (κ2) is 4.75. The minimum atomic E-state index is -0.0162. The highest BCUT2D eigenvalue weighted by atomic mass is 16.2. The second-order valence-corrected chi connectivity index (χ2v) is 4.66. The smallest absolute Gasteiger partial charge is 0.239 e. The number of amides is 1. The van der Waals surface area contributed by atoms with Crippen molar-refractivity contribution in [2.75, 3.05) is 25.9 Å². The molecule has 0 radical (unpaired) electrons. The number of hydrogen-bond donors (Lipinski definition) is 1. The van der Waals surface area contributed by atoms with E-state index in [2.05, 4.69) is 4.90 Å². The number of nitrogen functional groups attached to an aromatic ring is 1. The normalized spacial score (nSPS) is 21.9. The number of carbonyl (C=O) groups is 1. The number of hydrogen-bond acceptors (Lipinski definition) is 3. The molecule has 1 aliphatic heterocycles. The van der Waals surface area contributed by atoms with Gasteiger partial charge in [-0.25, -0.2) is 0 Å². The molecule has 4 nitrogen and oxygen atoms in total. The van der Waals surface area contributed by atoms with Gasteiger partial charge in [0.05, 0.1) is 6.04 Å². The largest absolute Gasteiger partial charge is 0.399 e. The number of piperazine rings is 1. The van der Waals surface area contributed by atoms with Crippen LogP contribution in [0.15, 0.2) is 24.3 Å². The lowest BCUT2D eigenvalue weighted by atomic mass is 10.1. The minimum absolute atomic E-state index is 0.0162. The van der Waals surface area contributed by atoms with E-state index < -0.39 is 0 Å². The molecule has 17 heavy (non-hydrogen) atoms. The average Bonchev–Trinajstić information content (AvgIpc) is 2.33. The van der Waals surface area contributed by atoms with Gasteiger partial charge in [0.15, 0.2) is 0 Å². The van der Waals surface area contributed by atoms with E-state index in [1.165, 1.54) is 0 Å². The molecule has 1 heterocycles. The van der Waals surface area contributed by atoms with Crippen LogP contribution in [-0.4, -0.2) is 41.9 Å². The van der Waals surface area contributed by atoms with Crippen molar-refractivity contribution >= 4 is 11.6 Å². The summed E-state index contributed by atoms with van der Waals surface area (Å²) in [4.78, 5) is 16.1. The summed E-state index contributed by atoms with van der Waals surface area (Å²) in [5, 5.41) is 0. The van der Waals surface area contributed by atoms with E-state index in [-0.39, 0.29) is 11.9 Å². The molecule has 0 bridgehead atoms. The first kappa shape index (κ1) is 11.9. The van der Waals surface area contributed by atoms with Crippen LogP contribution in [0, 0.1) is 0 Å². The summed E-state index contributed by atoms with van der Waals surface area (Å²) in [5.74, 6) is 0.204. The van der Waals surface area contributed by atoms with Crippen molar-refractivity contribution in [3.8, 4) is 0 Å². The Morgan fingerprint density at radius 2 is 1.94 bits per heavy atom. The third-order valence-corrected chi connectivity index (χ3v) is 3.41. The highest BCUT2D eigenvalue weighted by Gasteiger charge is 2.28. The molecular weight excluding hydrogens is 214 g/mol. The standard InChI is InChI=1S/C13H19N3O/c1-10-13(17)16(8-7-15(10)2)9-11-3-5-12(14)6-4-11/h3-6,10H,7-9,14H2,1-2H3. The van der Waals surface area contributed by atoms with Crippen LogP contribution in [0.1, 0.15) is 12.5 Å². The van der Waals surface area contributed by atoms with E-state index in [4.69, 9.17) is 5.73 Å². The lowest BCUT2D eigenvalue weighted by Crippen LogP contribution is -2.53. The van der Waals surface area contributed by atoms with Crippen molar-refractivity contribution in [3.05, 3.63) is 29.8 Å². The number of likely N-dealkylation sites (N-methyl/N-ethyl adjacent to an activating group) is 1. The molecule has 1 amide bonds. The van der Waals surface area contributed by atoms with Crippen molar-refractivity contribution in [2.45, 2.75) is 19.5 Å². The first-order valence-corrected chi connectivity index (χ1v) is 5.91. The summed E-state index contributed by atoms with van der Waals surface area (Å²) < 4.78 is 0. The van der Waals surface area contributed by atoms with Gasteiger partial charge in [-0.15, -0.1) is 0 Å². The predicted molar refractivity (Wildman–Crippen MR) is 68.4 cm³/mol. The molecule has 1 aromatic rings. The summed E-state index contributed by atoms with van der Waals surface area (Å²) in [6, 6.07) is 7.69. The number of nitrogens with two attached hydrogens (primary N) is 1. The molecule has 0 aliphatic carbocycles. The highest BCUT2D eigenvalue weighted by molar-refractivity contribution is 5.82. The van der Waals surface area contributed by atoms with Gasteiger partial charge in [0.2, 0.25) is 5.91 Å². The van der Waals surface area contributed by atoms with Gasteiger partial charge in [0, 0.05) is 25.3 Å². The fraction of sp³-hybridized carbons (Fsp3) is 0.462. The van der Waals surface area contributed by atoms with Crippen LogP contribution in [0.5, 0.6) is 0 Å². The molecule has 1 aromatic carbocycles. The van der Waals surface area contributed by atoms with Gasteiger partial charge in [-0.2, -0.15) is 0 Å². The molecular formula is C13H19N3O. The summed E-state index contributed by atoms with van der Waals surface area (Å²) in [7, 11) is 1.99. The molecule has 1 saturated heterocycles. The molecule has 0 spiro atoms. The van der Waals surface area contributed by atoms with E-state index >= 15 is 0 Å². The Balaban J connectivity index is 2.04. The van der Waals surface area contributed by atoms with E-state index in [1.807, 2.05) is 43.1 Å². The van der Waals surface area contributed by atoms with E-state index in [0.717, 1.165) is 24.3 Å². The van der Waals surface area contributed by atoms with Crippen LogP contribution in [0.25, 0.3) is 0 Å². The first-order chi connectivity index (χ1) is 8.08. The minimum Gasteiger partial charge on any atom is -0.399 e. The number of benzene rings is 1. The first-order valence-electron chi connectivity index (χ1n) is 5.91. The van der Waals surface area contributed by atoms with Gasteiger partial charge >= 0.3 is 0 Å². The molecule has 0 saturated carbocycles. The highest BCUT2D eigenvalue weighted by Crippen LogP contribution is 2.14. The van der Waals surface area contributed by atoms with Gasteiger partial charge in [-0.1, -0.05) is 12.1 Å². The quantitative estimate of drug-likeness (QED) is 0.773. The molecule has 1 atom stereocenters. The third-order valence-electron chi connectivity index (χ3n) is 3.41. The Hall–Kier alpha value is -1.55.